The summed E-state index contributed by atoms with van der Waals surface area (Å²) in [5.74, 6) is 0.00405. The molecule has 0 spiro atoms. The van der Waals surface area contributed by atoms with Crippen molar-refractivity contribution in [1.29, 1.82) is 0 Å². The zero-order valence-corrected chi connectivity index (χ0v) is 14.7. The monoisotopic (exact) mass is 354 g/mol. The molecule has 0 bridgehead atoms. The van der Waals surface area contributed by atoms with Crippen LogP contribution in [0.2, 0.25) is 5.02 Å². The molecule has 25 heavy (non-hydrogen) atoms. The van der Waals surface area contributed by atoms with Crippen LogP contribution in [0.3, 0.4) is 0 Å². The number of carbonyl (C=O) groups is 1. The molecule has 1 amide bonds. The Morgan fingerprint density at radius 1 is 1.32 bits per heavy atom. The lowest BCUT2D eigenvalue weighted by Crippen LogP contribution is -2.48. The van der Waals surface area contributed by atoms with Crippen LogP contribution >= 0.6 is 11.6 Å². The normalized spacial score (nSPS) is 17.8. The molecule has 5 nitrogen and oxygen atoms in total. The number of aromatic nitrogens is 2. The molecule has 2 heterocycles. The van der Waals surface area contributed by atoms with Gasteiger partial charge < -0.3 is 10.2 Å². The molecule has 1 fully saturated rings. The Hall–Kier alpha value is -2.37. The fourth-order valence-electron chi connectivity index (χ4n) is 3.50. The van der Waals surface area contributed by atoms with Crippen molar-refractivity contribution in [3.8, 4) is 0 Å². The second-order valence-electron chi connectivity index (χ2n) is 6.39. The topological polar surface area (TPSA) is 61.0 Å². The van der Waals surface area contributed by atoms with Crippen molar-refractivity contribution in [1.82, 2.24) is 20.4 Å². The van der Waals surface area contributed by atoms with Crippen LogP contribution in [0.4, 0.5) is 0 Å². The van der Waals surface area contributed by atoms with E-state index < -0.39 is 0 Å². The predicted molar refractivity (Wildman–Crippen MR) is 98.9 cm³/mol. The van der Waals surface area contributed by atoms with Gasteiger partial charge >= 0.3 is 0 Å². The largest absolute Gasteiger partial charge is 0.329 e. The molecule has 1 aliphatic heterocycles. The van der Waals surface area contributed by atoms with Crippen molar-refractivity contribution in [2.45, 2.75) is 13.0 Å². The summed E-state index contributed by atoms with van der Waals surface area (Å²) >= 11 is 6.39. The molecule has 128 valence electrons. The number of H-pyrrole nitrogens is 1. The molecule has 1 aromatic heterocycles. The maximum absolute atomic E-state index is 13.4. The van der Waals surface area contributed by atoms with Gasteiger partial charge in [-0.15, -0.1) is 0 Å². The zero-order chi connectivity index (χ0) is 17.4. The Bertz CT molecular complexity index is 936. The highest BCUT2D eigenvalue weighted by atomic mass is 35.5. The van der Waals surface area contributed by atoms with Crippen molar-refractivity contribution >= 4 is 28.4 Å². The smallest absolute Gasteiger partial charge is 0.256 e. The van der Waals surface area contributed by atoms with E-state index in [4.69, 9.17) is 11.6 Å². The first kappa shape index (κ1) is 16.1. The van der Waals surface area contributed by atoms with Crippen LogP contribution in [0.1, 0.15) is 27.5 Å². The van der Waals surface area contributed by atoms with Gasteiger partial charge in [0.05, 0.1) is 23.3 Å². The minimum atomic E-state index is -0.0894. The lowest BCUT2D eigenvalue weighted by Gasteiger charge is -2.37. The number of nitrogens with zero attached hydrogens (tertiary/aromatic N) is 2. The fraction of sp³-hybridized carbons (Fsp3) is 0.263. The van der Waals surface area contributed by atoms with Gasteiger partial charge in [0.1, 0.15) is 0 Å². The van der Waals surface area contributed by atoms with Crippen LogP contribution in [0.25, 0.3) is 10.9 Å². The summed E-state index contributed by atoms with van der Waals surface area (Å²) in [4.78, 5) is 15.3. The van der Waals surface area contributed by atoms with E-state index in [1.807, 2.05) is 48.2 Å². The number of piperazine rings is 1. The van der Waals surface area contributed by atoms with Gasteiger partial charge in [-0.05, 0) is 36.2 Å². The number of amides is 1. The Kier molecular flexibility index (Phi) is 4.19. The molecular weight excluding hydrogens is 336 g/mol. The number of nitrogens with one attached hydrogen (secondary N) is 2. The maximum atomic E-state index is 13.4. The second-order valence-corrected chi connectivity index (χ2v) is 6.79. The molecule has 6 heteroatoms. The standard InChI is InChI=1S/C19H19ClN4O/c1-12-8-13-10-22-23-18(13)15(9-12)19(25)24-7-6-21-11-17(24)14-4-2-3-5-16(14)20/h2-5,8-10,17,21H,6-7,11H2,1H3,(H,22,23). The number of aromatic amines is 1. The summed E-state index contributed by atoms with van der Waals surface area (Å²) in [5.41, 5.74) is 3.46. The van der Waals surface area contributed by atoms with Crippen molar-refractivity contribution in [2.75, 3.05) is 19.6 Å². The third-order valence-corrected chi connectivity index (χ3v) is 5.04. The van der Waals surface area contributed by atoms with Gasteiger partial charge in [0.15, 0.2) is 0 Å². The average molecular weight is 355 g/mol. The quantitative estimate of drug-likeness (QED) is 0.742. The van der Waals surface area contributed by atoms with Crippen molar-refractivity contribution in [3.63, 3.8) is 0 Å². The number of carbonyl (C=O) groups excluding carboxylic acids is 1. The van der Waals surface area contributed by atoms with Crippen LogP contribution in [-0.2, 0) is 0 Å². The number of fused-ring (bicyclic) bond motifs is 1. The number of rotatable bonds is 2. The molecule has 3 aromatic rings. The molecule has 4 rings (SSSR count). The van der Waals surface area contributed by atoms with Crippen LogP contribution in [-0.4, -0.2) is 40.6 Å². The average Bonchev–Trinajstić information content (AvgIpc) is 3.09. The number of aryl methyl sites for hydroxylation is 1. The summed E-state index contributed by atoms with van der Waals surface area (Å²) in [6.45, 7) is 4.09. The Balaban J connectivity index is 1.76. The van der Waals surface area contributed by atoms with E-state index in [9.17, 15) is 4.79 Å². The Morgan fingerprint density at radius 2 is 2.16 bits per heavy atom. The minimum Gasteiger partial charge on any atom is -0.329 e. The van der Waals surface area contributed by atoms with Gasteiger partial charge in [0.2, 0.25) is 0 Å². The number of hydrogen-bond acceptors (Lipinski definition) is 3. The minimum absolute atomic E-state index is 0.00405. The van der Waals surface area contributed by atoms with Gasteiger partial charge in [-0.2, -0.15) is 5.10 Å². The van der Waals surface area contributed by atoms with E-state index in [0.717, 1.165) is 28.6 Å². The van der Waals surface area contributed by atoms with Crippen LogP contribution in [0.15, 0.2) is 42.6 Å². The third-order valence-electron chi connectivity index (χ3n) is 4.69. The van der Waals surface area contributed by atoms with Gasteiger partial charge in [-0.3, -0.25) is 9.89 Å². The Morgan fingerprint density at radius 3 is 3.00 bits per heavy atom. The summed E-state index contributed by atoms with van der Waals surface area (Å²) in [5, 5.41) is 12.1. The van der Waals surface area contributed by atoms with Crippen LogP contribution in [0.5, 0.6) is 0 Å². The molecule has 2 N–H and O–H groups in total. The van der Waals surface area contributed by atoms with E-state index in [-0.39, 0.29) is 11.9 Å². The van der Waals surface area contributed by atoms with Gasteiger partial charge in [0, 0.05) is 30.0 Å². The zero-order valence-electron chi connectivity index (χ0n) is 13.9. The highest BCUT2D eigenvalue weighted by Crippen LogP contribution is 2.31. The predicted octanol–water partition coefficient (Wildman–Crippen LogP) is 3.31. The highest BCUT2D eigenvalue weighted by molar-refractivity contribution is 6.31. The van der Waals surface area contributed by atoms with Crippen molar-refractivity contribution in [3.05, 3.63) is 64.3 Å². The van der Waals surface area contributed by atoms with Crippen molar-refractivity contribution < 1.29 is 4.79 Å². The van der Waals surface area contributed by atoms with Gasteiger partial charge in [-0.25, -0.2) is 0 Å². The van der Waals surface area contributed by atoms with E-state index in [1.165, 1.54) is 0 Å². The van der Waals surface area contributed by atoms with Crippen LogP contribution < -0.4 is 5.32 Å². The van der Waals surface area contributed by atoms with Crippen LogP contribution in [0, 0.1) is 6.92 Å². The highest BCUT2D eigenvalue weighted by Gasteiger charge is 2.31. The lowest BCUT2D eigenvalue weighted by atomic mass is 10.0. The molecule has 1 atom stereocenters. The lowest BCUT2D eigenvalue weighted by molar-refractivity contribution is 0.0636. The fourth-order valence-corrected chi connectivity index (χ4v) is 3.76. The molecule has 2 aromatic carbocycles. The van der Waals surface area contributed by atoms with E-state index in [0.29, 0.717) is 23.7 Å². The van der Waals surface area contributed by atoms with Gasteiger partial charge in [0.25, 0.3) is 5.91 Å². The van der Waals surface area contributed by atoms with E-state index in [1.54, 1.807) is 6.20 Å². The van der Waals surface area contributed by atoms with Crippen molar-refractivity contribution in [2.24, 2.45) is 0 Å². The summed E-state index contributed by atoms with van der Waals surface area (Å²) in [6.07, 6.45) is 1.75. The molecule has 1 saturated heterocycles. The molecule has 0 radical (unpaired) electrons. The summed E-state index contributed by atoms with van der Waals surface area (Å²) in [6, 6.07) is 11.6. The number of benzene rings is 2. The number of halogens is 1. The second kappa shape index (κ2) is 6.50. The number of hydrogen-bond donors (Lipinski definition) is 2. The molecule has 0 aliphatic carbocycles. The molecule has 0 saturated carbocycles. The molecule has 1 unspecified atom stereocenters. The SMILES string of the molecule is Cc1cc(C(=O)N2CCNCC2c2ccccc2Cl)c2[nH]ncc2c1. The summed E-state index contributed by atoms with van der Waals surface area (Å²) in [7, 11) is 0. The van der Waals surface area contributed by atoms with E-state index in [2.05, 4.69) is 15.5 Å². The maximum Gasteiger partial charge on any atom is 0.256 e. The van der Waals surface area contributed by atoms with E-state index >= 15 is 0 Å². The third kappa shape index (κ3) is 2.90. The Labute approximate surface area is 151 Å². The first-order chi connectivity index (χ1) is 12.1. The molecular formula is C19H19ClN4O. The first-order valence-corrected chi connectivity index (χ1v) is 8.73. The first-order valence-electron chi connectivity index (χ1n) is 8.35. The van der Waals surface area contributed by atoms with Gasteiger partial charge in [-0.1, -0.05) is 29.8 Å². The molecule has 1 aliphatic rings. The summed E-state index contributed by atoms with van der Waals surface area (Å²) < 4.78 is 0.